The molecule has 5 heteroatoms. The number of halogens is 1. The second-order valence-corrected chi connectivity index (χ2v) is 4.00. The van der Waals surface area contributed by atoms with E-state index in [1.165, 1.54) is 0 Å². The zero-order chi connectivity index (χ0) is 12.5. The Hall–Kier alpha value is -1.26. The van der Waals surface area contributed by atoms with Crippen molar-refractivity contribution >= 4 is 23.3 Å². The Morgan fingerprint density at radius 1 is 1.35 bits per heavy atom. The molecule has 0 heterocycles. The maximum Gasteiger partial charge on any atom is 0.343 e. The number of hydrogen-bond donors (Lipinski definition) is 2. The van der Waals surface area contributed by atoms with E-state index in [1.54, 1.807) is 24.3 Å². The summed E-state index contributed by atoms with van der Waals surface area (Å²) in [6, 6.07) is 6.60. The average Bonchev–Trinajstić information content (AvgIpc) is 2.32. The van der Waals surface area contributed by atoms with Gasteiger partial charge in [0.05, 0.1) is 17.3 Å². The lowest BCUT2D eigenvalue weighted by Crippen LogP contribution is -2.29. The van der Waals surface area contributed by atoms with Crippen LogP contribution in [0.1, 0.15) is 26.2 Å². The molecule has 0 saturated carbocycles. The highest BCUT2D eigenvalue weighted by Gasteiger charge is 2.03. The minimum atomic E-state index is -0.422. The molecule has 0 fully saturated rings. The largest absolute Gasteiger partial charge is 0.343 e. The molecule has 2 amide bonds. The molecule has 1 aromatic carbocycles. The molecule has 0 saturated heterocycles. The quantitative estimate of drug-likeness (QED) is 0.604. The third-order valence-electron chi connectivity index (χ3n) is 2.14. The first-order valence-corrected chi connectivity index (χ1v) is 6.05. The van der Waals surface area contributed by atoms with Gasteiger partial charge in [-0.25, -0.2) is 10.3 Å². The van der Waals surface area contributed by atoms with Crippen LogP contribution in [0.5, 0.6) is 0 Å². The van der Waals surface area contributed by atoms with E-state index in [0.29, 0.717) is 17.3 Å². The molecule has 0 aliphatic carbocycles. The van der Waals surface area contributed by atoms with Crippen molar-refractivity contribution in [2.24, 2.45) is 0 Å². The third-order valence-corrected chi connectivity index (χ3v) is 2.47. The van der Waals surface area contributed by atoms with Gasteiger partial charge in [0, 0.05) is 0 Å². The lowest BCUT2D eigenvalue weighted by Gasteiger charge is -2.08. The molecule has 0 aliphatic rings. The van der Waals surface area contributed by atoms with Crippen LogP contribution in [0, 0.1) is 0 Å². The number of benzene rings is 1. The van der Waals surface area contributed by atoms with Crippen molar-refractivity contribution in [3.8, 4) is 0 Å². The molecule has 17 heavy (non-hydrogen) atoms. The fraction of sp³-hybridized carbons (Fsp3) is 0.417. The van der Waals surface area contributed by atoms with Crippen LogP contribution in [0.25, 0.3) is 0 Å². The summed E-state index contributed by atoms with van der Waals surface area (Å²) in [6.45, 7) is 2.63. The second-order valence-electron chi connectivity index (χ2n) is 3.59. The van der Waals surface area contributed by atoms with Crippen molar-refractivity contribution in [3.05, 3.63) is 29.3 Å². The van der Waals surface area contributed by atoms with Crippen molar-refractivity contribution in [3.63, 3.8) is 0 Å². The molecule has 0 bridgehead atoms. The van der Waals surface area contributed by atoms with Crippen LogP contribution in [0.4, 0.5) is 10.5 Å². The monoisotopic (exact) mass is 256 g/mol. The van der Waals surface area contributed by atoms with Crippen LogP contribution in [0.15, 0.2) is 24.3 Å². The van der Waals surface area contributed by atoms with Crippen LogP contribution in [0.2, 0.25) is 5.02 Å². The van der Waals surface area contributed by atoms with E-state index in [-0.39, 0.29) is 0 Å². The first kappa shape index (κ1) is 13.8. The molecule has 2 N–H and O–H groups in total. The number of hydroxylamine groups is 1. The normalized spacial score (nSPS) is 10.0. The zero-order valence-electron chi connectivity index (χ0n) is 9.83. The van der Waals surface area contributed by atoms with Gasteiger partial charge in [0.25, 0.3) is 0 Å². The van der Waals surface area contributed by atoms with Crippen LogP contribution < -0.4 is 10.8 Å². The molecule has 4 nitrogen and oxygen atoms in total. The first-order valence-electron chi connectivity index (χ1n) is 5.67. The molecule has 1 aromatic rings. The summed E-state index contributed by atoms with van der Waals surface area (Å²) >= 11 is 5.89. The van der Waals surface area contributed by atoms with Gasteiger partial charge in [-0.1, -0.05) is 43.5 Å². The minimum absolute atomic E-state index is 0.422. The third kappa shape index (κ3) is 5.56. The number of carbonyl (C=O) groups excluding carboxylic acids is 1. The summed E-state index contributed by atoms with van der Waals surface area (Å²) in [6.07, 6.45) is 3.14. The predicted molar refractivity (Wildman–Crippen MR) is 69.1 cm³/mol. The molecule has 1 rings (SSSR count). The fourth-order valence-corrected chi connectivity index (χ4v) is 1.43. The van der Waals surface area contributed by atoms with E-state index in [2.05, 4.69) is 17.7 Å². The Bertz CT molecular complexity index is 358. The molecule has 0 unspecified atom stereocenters. The van der Waals surface area contributed by atoms with Gasteiger partial charge in [0.1, 0.15) is 0 Å². The minimum Gasteiger partial charge on any atom is -0.305 e. The number of urea groups is 1. The standard InChI is InChI=1S/C12H17ClN2O2/c1-2-3-6-9-17-15-12(16)14-11-8-5-4-7-10(11)13/h4-5,7-8H,2-3,6,9H2,1H3,(H2,14,15,16). The van der Waals surface area contributed by atoms with Crippen molar-refractivity contribution in [1.82, 2.24) is 5.48 Å². The molecule has 0 aliphatic heterocycles. The van der Waals surface area contributed by atoms with Crippen LogP contribution in [-0.4, -0.2) is 12.6 Å². The molecule has 0 radical (unpaired) electrons. The maximum atomic E-state index is 11.4. The summed E-state index contributed by atoms with van der Waals surface area (Å²) < 4.78 is 0. The smallest absolute Gasteiger partial charge is 0.305 e. The number of carbonyl (C=O) groups is 1. The average molecular weight is 257 g/mol. The van der Waals surface area contributed by atoms with Gasteiger partial charge in [0.2, 0.25) is 0 Å². The number of unbranched alkanes of at least 4 members (excludes halogenated alkanes) is 2. The Labute approximate surface area is 106 Å². The lowest BCUT2D eigenvalue weighted by molar-refractivity contribution is 0.0634. The van der Waals surface area contributed by atoms with Crippen LogP contribution in [-0.2, 0) is 4.84 Å². The summed E-state index contributed by atoms with van der Waals surface area (Å²) in [5, 5.41) is 3.09. The van der Waals surface area contributed by atoms with Gasteiger partial charge in [-0.3, -0.25) is 4.84 Å². The van der Waals surface area contributed by atoms with Crippen molar-refractivity contribution in [1.29, 1.82) is 0 Å². The Kier molecular flexibility index (Phi) is 6.43. The predicted octanol–water partition coefficient (Wildman–Crippen LogP) is 3.58. The highest BCUT2D eigenvalue weighted by molar-refractivity contribution is 6.33. The van der Waals surface area contributed by atoms with Gasteiger partial charge < -0.3 is 5.32 Å². The number of rotatable bonds is 6. The number of amides is 2. The number of anilines is 1. The van der Waals surface area contributed by atoms with Gasteiger partial charge in [-0.05, 0) is 18.6 Å². The molecule has 0 atom stereocenters. The van der Waals surface area contributed by atoms with Crippen molar-refractivity contribution in [2.45, 2.75) is 26.2 Å². The summed E-state index contributed by atoms with van der Waals surface area (Å²) in [4.78, 5) is 16.4. The Balaban J connectivity index is 2.23. The number of hydrogen-bond acceptors (Lipinski definition) is 2. The van der Waals surface area contributed by atoms with Gasteiger partial charge in [-0.15, -0.1) is 0 Å². The zero-order valence-corrected chi connectivity index (χ0v) is 10.6. The topological polar surface area (TPSA) is 50.4 Å². The maximum absolute atomic E-state index is 11.4. The fourth-order valence-electron chi connectivity index (χ4n) is 1.25. The van der Waals surface area contributed by atoms with Gasteiger partial charge in [0.15, 0.2) is 0 Å². The van der Waals surface area contributed by atoms with E-state index in [4.69, 9.17) is 16.4 Å². The highest BCUT2D eigenvalue weighted by Crippen LogP contribution is 2.19. The van der Waals surface area contributed by atoms with Gasteiger partial charge in [-0.2, -0.15) is 0 Å². The Morgan fingerprint density at radius 2 is 2.12 bits per heavy atom. The SMILES string of the molecule is CCCCCONC(=O)Nc1ccccc1Cl. The van der Waals surface area contributed by atoms with Crippen LogP contribution in [0.3, 0.4) is 0 Å². The van der Waals surface area contributed by atoms with E-state index >= 15 is 0 Å². The molecule has 0 aromatic heterocycles. The summed E-state index contributed by atoms with van der Waals surface area (Å²) in [7, 11) is 0. The summed E-state index contributed by atoms with van der Waals surface area (Å²) in [5.74, 6) is 0. The Morgan fingerprint density at radius 3 is 2.82 bits per heavy atom. The molecule has 94 valence electrons. The van der Waals surface area contributed by atoms with Crippen molar-refractivity contribution < 1.29 is 9.63 Å². The van der Waals surface area contributed by atoms with Crippen LogP contribution >= 0.6 is 11.6 Å². The van der Waals surface area contributed by atoms with E-state index in [9.17, 15) is 4.79 Å². The summed E-state index contributed by atoms with van der Waals surface area (Å²) in [5.41, 5.74) is 2.87. The molecular formula is C12H17ClN2O2. The van der Waals surface area contributed by atoms with E-state index < -0.39 is 6.03 Å². The molecule has 0 spiro atoms. The number of nitrogens with one attached hydrogen (secondary N) is 2. The number of para-hydroxylation sites is 1. The van der Waals surface area contributed by atoms with E-state index in [0.717, 1.165) is 19.3 Å². The van der Waals surface area contributed by atoms with E-state index in [1.807, 2.05) is 0 Å². The van der Waals surface area contributed by atoms with Crippen molar-refractivity contribution in [2.75, 3.05) is 11.9 Å². The first-order chi connectivity index (χ1) is 8.24. The lowest BCUT2D eigenvalue weighted by atomic mass is 10.3. The molecular weight excluding hydrogens is 240 g/mol. The van der Waals surface area contributed by atoms with Gasteiger partial charge >= 0.3 is 6.03 Å². The highest BCUT2D eigenvalue weighted by atomic mass is 35.5. The second kappa shape index (κ2) is 7.92.